The number of ketones is 1. The Balaban J connectivity index is 1.90. The number of carbonyl (C=O) groups is 2. The zero-order valence-corrected chi connectivity index (χ0v) is 16.6. The highest BCUT2D eigenvalue weighted by Crippen LogP contribution is 2.47. The first-order chi connectivity index (χ1) is 13.3. The maximum absolute atomic E-state index is 12.5. The molecule has 1 aliphatic carbocycles. The van der Waals surface area contributed by atoms with Crippen LogP contribution >= 0.6 is 0 Å². The van der Waals surface area contributed by atoms with Gasteiger partial charge in [0.05, 0.1) is 12.7 Å². The van der Waals surface area contributed by atoms with Crippen LogP contribution in [0.15, 0.2) is 42.7 Å². The summed E-state index contributed by atoms with van der Waals surface area (Å²) in [7, 11) is 1.50. The van der Waals surface area contributed by atoms with Crippen LogP contribution in [0.5, 0.6) is 5.75 Å². The third-order valence-electron chi connectivity index (χ3n) is 5.98. The number of fused-ring (bicyclic) bond motifs is 1. The molecule has 0 radical (unpaired) electrons. The third-order valence-corrected chi connectivity index (χ3v) is 5.98. The van der Waals surface area contributed by atoms with E-state index in [9.17, 15) is 9.59 Å². The van der Waals surface area contributed by atoms with Crippen molar-refractivity contribution < 1.29 is 23.8 Å². The summed E-state index contributed by atoms with van der Waals surface area (Å²) in [6.45, 7) is 8.03. The SMILES string of the molecule is C=CC(C)C1C[C@]2(C(C)Cc3ccc(OC)c(C(N)=O)c3)OCOC2=CC1=O. The fraction of sp³-hybridized carbons (Fsp3) is 0.455. The number of benzene rings is 1. The minimum atomic E-state index is -0.664. The number of nitrogens with two attached hydrogens (primary N) is 1. The Hall–Kier alpha value is -2.60. The van der Waals surface area contributed by atoms with E-state index < -0.39 is 11.5 Å². The van der Waals surface area contributed by atoms with Crippen molar-refractivity contribution in [2.24, 2.45) is 23.5 Å². The molecule has 2 N–H and O–H groups in total. The number of ether oxygens (including phenoxy) is 3. The molecule has 1 heterocycles. The van der Waals surface area contributed by atoms with Gasteiger partial charge in [-0.25, -0.2) is 0 Å². The third kappa shape index (κ3) is 3.44. The second kappa shape index (κ2) is 7.80. The first-order valence-electron chi connectivity index (χ1n) is 9.44. The Morgan fingerprint density at radius 3 is 2.86 bits per heavy atom. The predicted octanol–water partition coefficient (Wildman–Crippen LogP) is 3.01. The lowest BCUT2D eigenvalue weighted by atomic mass is 9.69. The van der Waals surface area contributed by atoms with Gasteiger partial charge in [-0.1, -0.05) is 26.0 Å². The van der Waals surface area contributed by atoms with E-state index in [0.29, 0.717) is 29.9 Å². The van der Waals surface area contributed by atoms with Crippen LogP contribution in [-0.2, 0) is 20.7 Å². The molecule has 3 rings (SSSR count). The highest BCUT2D eigenvalue weighted by Gasteiger charge is 2.52. The molecule has 0 aromatic heterocycles. The highest BCUT2D eigenvalue weighted by molar-refractivity contribution is 5.96. The standard InChI is InChI=1S/C22H27NO5/c1-5-13(2)17-11-22(20(10-18(17)24)27-12-28-22)14(3)8-15-6-7-19(26-4)16(9-15)21(23)25/h5-7,9-10,13-14,17H,1,8,11-12H2,2-4H3,(H2,23,25)/t13?,14?,17?,22-/m1/s1. The molecule has 0 saturated carbocycles. The Labute approximate surface area is 165 Å². The number of amides is 1. The molecule has 4 atom stereocenters. The van der Waals surface area contributed by atoms with Crippen molar-refractivity contribution in [1.29, 1.82) is 0 Å². The van der Waals surface area contributed by atoms with Crippen LogP contribution in [0.3, 0.4) is 0 Å². The molecule has 1 saturated heterocycles. The molecular formula is C22H27NO5. The second-order valence-electron chi connectivity index (χ2n) is 7.62. The summed E-state index contributed by atoms with van der Waals surface area (Å²) >= 11 is 0. The fourth-order valence-electron chi connectivity index (χ4n) is 4.17. The van der Waals surface area contributed by atoms with Crippen molar-refractivity contribution in [2.75, 3.05) is 13.9 Å². The summed E-state index contributed by atoms with van der Waals surface area (Å²) in [6.07, 6.45) is 4.57. The molecular weight excluding hydrogens is 358 g/mol. The molecule has 3 unspecified atom stereocenters. The lowest BCUT2D eigenvalue weighted by Crippen LogP contribution is -2.46. The molecule has 2 aliphatic rings. The number of hydrogen-bond acceptors (Lipinski definition) is 5. The van der Waals surface area contributed by atoms with Crippen LogP contribution in [-0.4, -0.2) is 31.2 Å². The fourth-order valence-corrected chi connectivity index (χ4v) is 4.17. The van der Waals surface area contributed by atoms with Gasteiger partial charge in [0.15, 0.2) is 12.6 Å². The topological polar surface area (TPSA) is 87.8 Å². The Bertz CT molecular complexity index is 830. The molecule has 6 heteroatoms. The normalized spacial score (nSPS) is 25.9. The van der Waals surface area contributed by atoms with Gasteiger partial charge in [-0.2, -0.15) is 0 Å². The Morgan fingerprint density at radius 2 is 2.21 bits per heavy atom. The first-order valence-corrected chi connectivity index (χ1v) is 9.44. The number of primary amides is 1. The van der Waals surface area contributed by atoms with Gasteiger partial charge in [0, 0.05) is 12.0 Å². The summed E-state index contributed by atoms with van der Waals surface area (Å²) in [4.78, 5) is 24.3. The predicted molar refractivity (Wildman–Crippen MR) is 105 cm³/mol. The van der Waals surface area contributed by atoms with Crippen molar-refractivity contribution in [3.05, 3.63) is 53.8 Å². The maximum Gasteiger partial charge on any atom is 0.252 e. The van der Waals surface area contributed by atoms with E-state index in [2.05, 4.69) is 13.5 Å². The average Bonchev–Trinajstić information content (AvgIpc) is 3.10. The number of carbonyl (C=O) groups excluding carboxylic acids is 2. The number of rotatable bonds is 7. The molecule has 1 aliphatic heterocycles. The zero-order chi connectivity index (χ0) is 20.5. The van der Waals surface area contributed by atoms with E-state index in [1.54, 1.807) is 24.3 Å². The minimum absolute atomic E-state index is 0.0167. The number of allylic oxidation sites excluding steroid dienone is 2. The quantitative estimate of drug-likeness (QED) is 0.729. The summed E-state index contributed by atoms with van der Waals surface area (Å²) in [5, 5.41) is 0. The number of hydrogen-bond donors (Lipinski definition) is 1. The van der Waals surface area contributed by atoms with Crippen molar-refractivity contribution in [1.82, 2.24) is 0 Å². The van der Waals surface area contributed by atoms with Crippen molar-refractivity contribution in [3.8, 4) is 5.75 Å². The van der Waals surface area contributed by atoms with E-state index in [1.807, 2.05) is 13.0 Å². The van der Waals surface area contributed by atoms with Crippen molar-refractivity contribution in [3.63, 3.8) is 0 Å². The monoisotopic (exact) mass is 385 g/mol. The molecule has 1 aromatic rings. The van der Waals surface area contributed by atoms with Crippen LogP contribution < -0.4 is 10.5 Å². The van der Waals surface area contributed by atoms with Gasteiger partial charge < -0.3 is 19.9 Å². The zero-order valence-electron chi connectivity index (χ0n) is 16.6. The largest absolute Gasteiger partial charge is 0.496 e. The summed E-state index contributed by atoms with van der Waals surface area (Å²) in [6, 6.07) is 5.41. The smallest absolute Gasteiger partial charge is 0.252 e. The summed E-state index contributed by atoms with van der Waals surface area (Å²) in [5.74, 6) is 0.434. The number of methoxy groups -OCH3 is 1. The highest BCUT2D eigenvalue weighted by atomic mass is 16.7. The van der Waals surface area contributed by atoms with E-state index in [0.717, 1.165) is 5.56 Å². The van der Waals surface area contributed by atoms with Gasteiger partial charge >= 0.3 is 0 Å². The summed E-state index contributed by atoms with van der Waals surface area (Å²) < 4.78 is 16.9. The van der Waals surface area contributed by atoms with Gasteiger partial charge in [0.2, 0.25) is 0 Å². The molecule has 1 fully saturated rings. The van der Waals surface area contributed by atoms with E-state index >= 15 is 0 Å². The Kier molecular flexibility index (Phi) is 5.61. The van der Waals surface area contributed by atoms with Gasteiger partial charge in [-0.3, -0.25) is 9.59 Å². The van der Waals surface area contributed by atoms with Crippen LogP contribution in [0.25, 0.3) is 0 Å². The van der Waals surface area contributed by atoms with Crippen molar-refractivity contribution in [2.45, 2.75) is 32.3 Å². The molecule has 150 valence electrons. The Morgan fingerprint density at radius 1 is 1.46 bits per heavy atom. The van der Waals surface area contributed by atoms with Crippen LogP contribution in [0.4, 0.5) is 0 Å². The molecule has 6 nitrogen and oxygen atoms in total. The van der Waals surface area contributed by atoms with Gasteiger partial charge in [-0.15, -0.1) is 6.58 Å². The second-order valence-corrected chi connectivity index (χ2v) is 7.62. The van der Waals surface area contributed by atoms with Crippen LogP contribution in [0.2, 0.25) is 0 Å². The van der Waals surface area contributed by atoms with E-state index in [1.165, 1.54) is 7.11 Å². The van der Waals surface area contributed by atoms with Gasteiger partial charge in [0.25, 0.3) is 5.91 Å². The van der Waals surface area contributed by atoms with E-state index in [4.69, 9.17) is 19.9 Å². The molecule has 1 amide bonds. The first kappa shape index (κ1) is 20.1. The molecule has 28 heavy (non-hydrogen) atoms. The minimum Gasteiger partial charge on any atom is -0.496 e. The van der Waals surface area contributed by atoms with Gasteiger partial charge in [-0.05, 0) is 42.4 Å². The van der Waals surface area contributed by atoms with Crippen molar-refractivity contribution >= 4 is 11.7 Å². The summed E-state index contributed by atoms with van der Waals surface area (Å²) in [5.41, 5.74) is 6.10. The average molecular weight is 385 g/mol. The molecule has 0 bridgehead atoms. The maximum atomic E-state index is 12.5. The van der Waals surface area contributed by atoms with Gasteiger partial charge in [0.1, 0.15) is 17.1 Å². The lowest BCUT2D eigenvalue weighted by molar-refractivity contribution is -0.124. The lowest BCUT2D eigenvalue weighted by Gasteiger charge is -2.39. The van der Waals surface area contributed by atoms with Crippen LogP contribution in [0.1, 0.15) is 36.2 Å². The van der Waals surface area contributed by atoms with E-state index in [-0.39, 0.29) is 30.3 Å². The molecule has 1 aromatic carbocycles. The van der Waals surface area contributed by atoms with Crippen LogP contribution in [0, 0.1) is 17.8 Å². The molecule has 0 spiro atoms.